The summed E-state index contributed by atoms with van der Waals surface area (Å²) >= 11 is 1.36. The largest absolute Gasteiger partial charge is 0.480 e. The number of ether oxygens (including phenoxy) is 1. The van der Waals surface area contributed by atoms with Crippen LogP contribution < -0.4 is 15.4 Å². The predicted octanol–water partition coefficient (Wildman–Crippen LogP) is 5.00. The third kappa shape index (κ3) is 4.24. The minimum atomic E-state index is -0.586. The van der Waals surface area contributed by atoms with Crippen molar-refractivity contribution in [2.45, 2.75) is 12.5 Å². The second-order valence-corrected chi connectivity index (χ2v) is 8.20. The summed E-state index contributed by atoms with van der Waals surface area (Å²) in [5.41, 5.74) is 3.77. The molecule has 158 valence electrons. The third-order valence-corrected chi connectivity index (χ3v) is 5.88. The molecule has 1 unspecified atom stereocenters. The highest BCUT2D eigenvalue weighted by Crippen LogP contribution is 2.29. The van der Waals surface area contributed by atoms with Gasteiger partial charge in [0.15, 0.2) is 11.2 Å². The van der Waals surface area contributed by atoms with E-state index in [0.717, 1.165) is 22.6 Å². The van der Waals surface area contributed by atoms with Gasteiger partial charge in [0.05, 0.1) is 5.69 Å². The summed E-state index contributed by atoms with van der Waals surface area (Å²) in [7, 11) is 0. The van der Waals surface area contributed by atoms with Crippen molar-refractivity contribution in [3.8, 4) is 17.0 Å². The lowest BCUT2D eigenvalue weighted by Crippen LogP contribution is -2.31. The van der Waals surface area contributed by atoms with Gasteiger partial charge in [-0.15, -0.1) is 11.3 Å². The van der Waals surface area contributed by atoms with E-state index in [9.17, 15) is 9.59 Å². The Kier molecular flexibility index (Phi) is 5.39. The Hall–Kier alpha value is -3.97. The molecule has 2 amide bonds. The van der Waals surface area contributed by atoms with Gasteiger partial charge in [0.25, 0.3) is 11.8 Å². The molecule has 32 heavy (non-hydrogen) atoms. The molecule has 5 rings (SSSR count). The van der Waals surface area contributed by atoms with Crippen molar-refractivity contribution < 1.29 is 14.3 Å². The highest BCUT2D eigenvalue weighted by Gasteiger charge is 2.28. The second-order valence-electron chi connectivity index (χ2n) is 7.35. The first kappa shape index (κ1) is 20.0. The first-order chi connectivity index (χ1) is 15.7. The van der Waals surface area contributed by atoms with Crippen LogP contribution in [0.4, 0.5) is 10.8 Å². The molecule has 0 fully saturated rings. The molecular formula is C25H19N3O3S. The van der Waals surface area contributed by atoms with E-state index in [1.54, 1.807) is 24.3 Å². The quantitative estimate of drug-likeness (QED) is 0.457. The van der Waals surface area contributed by atoms with E-state index in [0.29, 0.717) is 22.8 Å². The molecule has 0 spiro atoms. The van der Waals surface area contributed by atoms with Crippen molar-refractivity contribution in [2.24, 2.45) is 0 Å². The zero-order valence-corrected chi connectivity index (χ0v) is 17.8. The van der Waals surface area contributed by atoms with Crippen LogP contribution in [0.1, 0.15) is 15.9 Å². The van der Waals surface area contributed by atoms with Crippen molar-refractivity contribution in [2.75, 3.05) is 10.6 Å². The van der Waals surface area contributed by atoms with Crippen LogP contribution in [-0.4, -0.2) is 22.9 Å². The van der Waals surface area contributed by atoms with Crippen LogP contribution in [-0.2, 0) is 11.2 Å². The first-order valence-corrected chi connectivity index (χ1v) is 11.0. The van der Waals surface area contributed by atoms with Crippen molar-refractivity contribution >= 4 is 34.0 Å². The average Bonchev–Trinajstić information content (AvgIpc) is 3.47. The first-order valence-electron chi connectivity index (χ1n) is 10.1. The number of nitrogens with one attached hydrogen (secondary N) is 2. The molecule has 1 aromatic heterocycles. The Morgan fingerprint density at radius 3 is 2.59 bits per heavy atom. The molecule has 4 aromatic rings. The van der Waals surface area contributed by atoms with E-state index in [-0.39, 0.29) is 11.8 Å². The number of anilines is 2. The van der Waals surface area contributed by atoms with E-state index in [2.05, 4.69) is 15.6 Å². The molecular weight excluding hydrogens is 422 g/mol. The number of hydrogen-bond donors (Lipinski definition) is 2. The zero-order chi connectivity index (χ0) is 21.9. The number of carbonyl (C=O) groups is 2. The number of aromatic nitrogens is 1. The maximum absolute atomic E-state index is 12.7. The summed E-state index contributed by atoms with van der Waals surface area (Å²) in [5, 5.41) is 8.09. The summed E-state index contributed by atoms with van der Waals surface area (Å²) in [6, 6.07) is 24.2. The van der Waals surface area contributed by atoms with Gasteiger partial charge in [-0.25, -0.2) is 4.98 Å². The number of nitrogens with zero attached hydrogens (tertiary/aromatic N) is 1. The van der Waals surface area contributed by atoms with Gasteiger partial charge < -0.3 is 10.1 Å². The molecule has 0 saturated heterocycles. The number of amides is 2. The summed E-state index contributed by atoms with van der Waals surface area (Å²) in [5.74, 6) is 0.199. The van der Waals surface area contributed by atoms with Crippen LogP contribution in [0, 0.1) is 0 Å². The molecule has 1 aliphatic heterocycles. The third-order valence-electron chi connectivity index (χ3n) is 5.13. The lowest BCUT2D eigenvalue weighted by Gasteiger charge is -2.12. The van der Waals surface area contributed by atoms with Crippen LogP contribution in [0.25, 0.3) is 11.3 Å². The second kappa shape index (κ2) is 8.64. The summed E-state index contributed by atoms with van der Waals surface area (Å²) < 4.78 is 5.74. The molecule has 2 heterocycles. The van der Waals surface area contributed by atoms with Crippen LogP contribution in [0.3, 0.4) is 0 Å². The molecule has 1 aliphatic rings. The van der Waals surface area contributed by atoms with E-state index in [1.807, 2.05) is 60.0 Å². The molecule has 6 nitrogen and oxygen atoms in total. The molecule has 0 radical (unpaired) electrons. The summed E-state index contributed by atoms with van der Waals surface area (Å²) in [6.07, 6.45) is -0.0627. The summed E-state index contributed by atoms with van der Waals surface area (Å²) in [6.45, 7) is 0. The van der Waals surface area contributed by atoms with Gasteiger partial charge in [-0.1, -0.05) is 54.6 Å². The zero-order valence-electron chi connectivity index (χ0n) is 16.9. The maximum atomic E-state index is 12.7. The van der Waals surface area contributed by atoms with E-state index in [1.165, 1.54) is 11.3 Å². The molecule has 7 heteroatoms. The maximum Gasteiger partial charge on any atom is 0.265 e. The fraction of sp³-hybridized carbons (Fsp3) is 0.0800. The molecule has 0 saturated carbocycles. The van der Waals surface area contributed by atoms with Crippen molar-refractivity contribution in [3.63, 3.8) is 0 Å². The normalized spacial score (nSPS) is 14.3. The molecule has 1 atom stereocenters. The fourth-order valence-electron chi connectivity index (χ4n) is 3.53. The Labute approximate surface area is 188 Å². The lowest BCUT2D eigenvalue weighted by atomic mass is 10.1. The molecule has 0 aliphatic carbocycles. The monoisotopic (exact) mass is 441 g/mol. The number of benzene rings is 3. The number of rotatable bonds is 5. The van der Waals surface area contributed by atoms with Crippen LogP contribution in [0.2, 0.25) is 0 Å². The van der Waals surface area contributed by atoms with Gasteiger partial charge in [0, 0.05) is 28.6 Å². The van der Waals surface area contributed by atoms with Crippen molar-refractivity contribution in [3.05, 3.63) is 95.4 Å². The molecule has 2 N–H and O–H groups in total. The standard InChI is InChI=1S/C25H19N3O3S/c29-23(28-25-27-20(15-32-25)16-7-2-1-3-8-16)18-10-6-11-19(13-18)26-24(30)22-14-17-9-4-5-12-21(17)31-22/h1-13,15,22H,14H2,(H,26,30)(H,27,28,29). The van der Waals surface area contributed by atoms with Crippen LogP contribution in [0.5, 0.6) is 5.75 Å². The Morgan fingerprint density at radius 1 is 0.938 bits per heavy atom. The molecule has 0 bridgehead atoms. The van der Waals surface area contributed by atoms with Gasteiger partial charge >= 0.3 is 0 Å². The van der Waals surface area contributed by atoms with Crippen LogP contribution in [0.15, 0.2) is 84.2 Å². The van der Waals surface area contributed by atoms with Gasteiger partial charge in [-0.2, -0.15) is 0 Å². The highest BCUT2D eigenvalue weighted by atomic mass is 32.1. The Morgan fingerprint density at radius 2 is 1.75 bits per heavy atom. The fourth-order valence-corrected chi connectivity index (χ4v) is 4.25. The van der Waals surface area contributed by atoms with Crippen molar-refractivity contribution in [1.82, 2.24) is 4.98 Å². The number of thiazole rings is 1. The average molecular weight is 442 g/mol. The SMILES string of the molecule is O=C(Nc1nc(-c2ccccc2)cs1)c1cccc(NC(=O)C2Cc3ccccc3O2)c1. The summed E-state index contributed by atoms with van der Waals surface area (Å²) in [4.78, 5) is 29.9. The minimum Gasteiger partial charge on any atom is -0.480 e. The van der Waals surface area contributed by atoms with Gasteiger partial charge in [0.1, 0.15) is 5.75 Å². The van der Waals surface area contributed by atoms with Crippen LogP contribution >= 0.6 is 11.3 Å². The smallest absolute Gasteiger partial charge is 0.265 e. The van der Waals surface area contributed by atoms with Gasteiger partial charge in [-0.05, 0) is 29.8 Å². The number of para-hydroxylation sites is 1. The van der Waals surface area contributed by atoms with E-state index >= 15 is 0 Å². The predicted molar refractivity (Wildman–Crippen MR) is 125 cm³/mol. The number of fused-ring (bicyclic) bond motifs is 1. The van der Waals surface area contributed by atoms with Gasteiger partial charge in [0.2, 0.25) is 0 Å². The van der Waals surface area contributed by atoms with E-state index in [4.69, 9.17) is 4.74 Å². The number of carbonyl (C=O) groups excluding carboxylic acids is 2. The lowest BCUT2D eigenvalue weighted by molar-refractivity contribution is -0.122. The number of hydrogen-bond acceptors (Lipinski definition) is 5. The minimum absolute atomic E-state index is 0.244. The topological polar surface area (TPSA) is 80.3 Å². The van der Waals surface area contributed by atoms with Gasteiger partial charge in [-0.3, -0.25) is 14.9 Å². The highest BCUT2D eigenvalue weighted by molar-refractivity contribution is 7.14. The van der Waals surface area contributed by atoms with Crippen molar-refractivity contribution in [1.29, 1.82) is 0 Å². The Bertz CT molecular complexity index is 1260. The Balaban J connectivity index is 1.24. The van der Waals surface area contributed by atoms with E-state index < -0.39 is 6.10 Å². The molecule has 3 aromatic carbocycles.